The molecular formula is C27H27FN2O3S. The van der Waals surface area contributed by atoms with Crippen molar-refractivity contribution in [2.75, 3.05) is 26.2 Å². The Balaban J connectivity index is 1.34. The lowest BCUT2D eigenvalue weighted by atomic mass is 10.00. The molecule has 1 aliphatic heterocycles. The molecule has 7 heteroatoms. The summed E-state index contributed by atoms with van der Waals surface area (Å²) in [4.78, 5) is 31.5. The molecule has 1 unspecified atom stereocenters. The van der Waals surface area contributed by atoms with Gasteiger partial charge in [-0.15, -0.1) is 11.3 Å². The molecular weight excluding hydrogens is 451 g/mol. The molecule has 176 valence electrons. The lowest BCUT2D eigenvalue weighted by molar-refractivity contribution is -0.135. The molecule has 2 heterocycles. The highest BCUT2D eigenvalue weighted by molar-refractivity contribution is 7.10. The fraction of sp³-hybridized carbons (Fsp3) is 0.333. The van der Waals surface area contributed by atoms with Crippen LogP contribution in [-0.4, -0.2) is 47.9 Å². The molecule has 0 N–H and O–H groups in total. The van der Waals surface area contributed by atoms with E-state index < -0.39 is 5.82 Å². The number of rotatable bonds is 8. The van der Waals surface area contributed by atoms with Crippen molar-refractivity contribution in [1.82, 2.24) is 9.80 Å². The molecule has 34 heavy (non-hydrogen) atoms. The van der Waals surface area contributed by atoms with Gasteiger partial charge < -0.3 is 14.5 Å². The Kier molecular flexibility index (Phi) is 6.63. The number of fused-ring (bicyclic) bond motifs is 1. The Hall–Kier alpha value is -3.19. The molecule has 3 aromatic rings. The summed E-state index contributed by atoms with van der Waals surface area (Å²) in [6, 6.07) is 17.1. The number of nitrogens with zero attached hydrogens (tertiary/aromatic N) is 2. The van der Waals surface area contributed by atoms with Gasteiger partial charge in [-0.1, -0.05) is 30.3 Å². The van der Waals surface area contributed by atoms with Crippen molar-refractivity contribution in [3.8, 4) is 5.75 Å². The largest absolute Gasteiger partial charge is 0.488 e. The van der Waals surface area contributed by atoms with Gasteiger partial charge in [-0.3, -0.25) is 9.59 Å². The van der Waals surface area contributed by atoms with Crippen LogP contribution in [0.25, 0.3) is 0 Å². The van der Waals surface area contributed by atoms with Gasteiger partial charge in [0.05, 0.1) is 6.04 Å². The molecule has 1 fully saturated rings. The van der Waals surface area contributed by atoms with Crippen LogP contribution in [0.3, 0.4) is 0 Å². The number of benzene rings is 2. The molecule has 1 aliphatic carbocycles. The molecule has 0 bridgehead atoms. The highest BCUT2D eigenvalue weighted by atomic mass is 32.1. The number of hydrogen-bond donors (Lipinski definition) is 0. The number of ether oxygens (including phenoxy) is 1. The van der Waals surface area contributed by atoms with Gasteiger partial charge in [0.25, 0.3) is 5.91 Å². The molecule has 2 aromatic carbocycles. The first-order chi connectivity index (χ1) is 16.6. The van der Waals surface area contributed by atoms with Gasteiger partial charge >= 0.3 is 0 Å². The smallest absolute Gasteiger partial charge is 0.254 e. The van der Waals surface area contributed by atoms with E-state index in [0.717, 1.165) is 24.8 Å². The summed E-state index contributed by atoms with van der Waals surface area (Å²) >= 11 is 1.67. The molecule has 0 radical (unpaired) electrons. The van der Waals surface area contributed by atoms with Crippen LogP contribution < -0.4 is 4.74 Å². The Morgan fingerprint density at radius 1 is 1.06 bits per heavy atom. The van der Waals surface area contributed by atoms with E-state index in [2.05, 4.69) is 0 Å². The first-order valence-corrected chi connectivity index (χ1v) is 12.6. The number of para-hydroxylation sites is 1. The second-order valence-electron chi connectivity index (χ2n) is 8.89. The average Bonchev–Trinajstić information content (AvgIpc) is 3.55. The molecule has 2 amide bonds. The highest BCUT2D eigenvalue weighted by Crippen LogP contribution is 2.35. The van der Waals surface area contributed by atoms with Gasteiger partial charge in [-0.25, -0.2) is 4.39 Å². The van der Waals surface area contributed by atoms with Crippen molar-refractivity contribution >= 4 is 23.2 Å². The van der Waals surface area contributed by atoms with Crippen LogP contribution in [0.1, 0.15) is 39.7 Å². The number of thiophene rings is 1. The van der Waals surface area contributed by atoms with E-state index in [9.17, 15) is 14.0 Å². The number of amides is 2. The lowest BCUT2D eigenvalue weighted by Gasteiger charge is -2.37. The summed E-state index contributed by atoms with van der Waals surface area (Å²) < 4.78 is 20.0. The molecule has 2 aliphatic rings. The van der Waals surface area contributed by atoms with Gasteiger partial charge in [0.2, 0.25) is 5.91 Å². The van der Waals surface area contributed by atoms with E-state index in [1.807, 2.05) is 29.6 Å². The van der Waals surface area contributed by atoms with E-state index in [-0.39, 0.29) is 36.8 Å². The number of carbonyl (C=O) groups excluding carboxylic acids is 2. The molecule has 1 aromatic heterocycles. The maximum absolute atomic E-state index is 14.1. The van der Waals surface area contributed by atoms with Gasteiger partial charge in [0, 0.05) is 23.5 Å². The zero-order valence-corrected chi connectivity index (χ0v) is 19.7. The van der Waals surface area contributed by atoms with Gasteiger partial charge in [-0.2, -0.15) is 0 Å². The molecule has 1 saturated carbocycles. The fourth-order valence-electron chi connectivity index (χ4n) is 4.45. The van der Waals surface area contributed by atoms with Crippen LogP contribution in [0.2, 0.25) is 0 Å². The summed E-state index contributed by atoms with van der Waals surface area (Å²) in [5, 5.41) is 2.02. The topological polar surface area (TPSA) is 49.9 Å². The minimum atomic E-state index is -0.425. The minimum absolute atomic E-state index is 0.0277. The maximum Gasteiger partial charge on any atom is 0.254 e. The molecule has 0 spiro atoms. The third-order valence-electron chi connectivity index (χ3n) is 6.46. The van der Waals surface area contributed by atoms with Crippen LogP contribution in [0.15, 0.2) is 66.0 Å². The van der Waals surface area contributed by atoms with Crippen molar-refractivity contribution in [1.29, 1.82) is 0 Å². The van der Waals surface area contributed by atoms with E-state index in [0.29, 0.717) is 24.6 Å². The lowest BCUT2D eigenvalue weighted by Crippen LogP contribution is -2.48. The number of hydrogen-bond acceptors (Lipinski definition) is 4. The Morgan fingerprint density at radius 2 is 1.82 bits per heavy atom. The summed E-state index contributed by atoms with van der Waals surface area (Å²) in [6.07, 6.45) is 2.95. The third-order valence-corrected chi connectivity index (χ3v) is 7.45. The normalized spacial score (nSPS) is 17.2. The zero-order valence-electron chi connectivity index (χ0n) is 18.9. The number of carbonyl (C=O) groups is 2. The number of halogens is 1. The summed E-state index contributed by atoms with van der Waals surface area (Å²) in [6.45, 7) is 1.33. The van der Waals surface area contributed by atoms with E-state index in [1.165, 1.54) is 10.9 Å². The van der Waals surface area contributed by atoms with Gasteiger partial charge in [0.1, 0.15) is 13.2 Å². The summed E-state index contributed by atoms with van der Waals surface area (Å²) in [5.41, 5.74) is 1.64. The SMILES string of the molecule is O=C(c1ccccc1)N(CC(=O)N1CCc2sccc2C1COc1ccccc1F)CC1CC1. The molecule has 5 nitrogen and oxygen atoms in total. The van der Waals surface area contributed by atoms with Crippen LogP contribution in [0, 0.1) is 11.7 Å². The standard InChI is InChI=1S/C27H27FN2O3S/c28-22-8-4-5-9-24(22)33-18-23-21-13-15-34-25(21)12-14-30(23)26(31)17-29(16-19-10-11-19)27(32)20-6-2-1-3-7-20/h1-9,13,15,19,23H,10-12,14,16-18H2. The van der Waals surface area contributed by atoms with Crippen molar-refractivity contribution < 1.29 is 18.7 Å². The maximum atomic E-state index is 14.1. The Bertz CT molecular complexity index is 1160. The van der Waals surface area contributed by atoms with Crippen molar-refractivity contribution in [2.45, 2.75) is 25.3 Å². The van der Waals surface area contributed by atoms with Crippen LogP contribution in [0.5, 0.6) is 5.75 Å². The monoisotopic (exact) mass is 478 g/mol. The van der Waals surface area contributed by atoms with Crippen LogP contribution in [-0.2, 0) is 11.2 Å². The van der Waals surface area contributed by atoms with E-state index in [4.69, 9.17) is 4.74 Å². The molecule has 0 saturated heterocycles. The van der Waals surface area contributed by atoms with Crippen LogP contribution >= 0.6 is 11.3 Å². The van der Waals surface area contributed by atoms with E-state index >= 15 is 0 Å². The highest BCUT2D eigenvalue weighted by Gasteiger charge is 2.35. The van der Waals surface area contributed by atoms with E-state index in [1.54, 1.807) is 51.5 Å². The first-order valence-electron chi connectivity index (χ1n) is 11.7. The molecule has 5 rings (SSSR count). The summed E-state index contributed by atoms with van der Waals surface area (Å²) in [5.74, 6) is -0.0136. The fourth-order valence-corrected chi connectivity index (χ4v) is 5.38. The molecule has 1 atom stereocenters. The third kappa shape index (κ3) is 4.99. The van der Waals surface area contributed by atoms with Crippen molar-refractivity contribution in [2.24, 2.45) is 5.92 Å². The van der Waals surface area contributed by atoms with Gasteiger partial charge in [-0.05, 0) is 66.5 Å². The zero-order chi connectivity index (χ0) is 23.5. The average molecular weight is 479 g/mol. The van der Waals surface area contributed by atoms with Gasteiger partial charge in [0.15, 0.2) is 11.6 Å². The second kappa shape index (κ2) is 9.97. The second-order valence-corrected chi connectivity index (χ2v) is 9.89. The Morgan fingerprint density at radius 3 is 2.59 bits per heavy atom. The quantitative estimate of drug-likeness (QED) is 0.461. The minimum Gasteiger partial charge on any atom is -0.488 e. The van der Waals surface area contributed by atoms with Crippen LogP contribution in [0.4, 0.5) is 4.39 Å². The Labute approximate surface area is 202 Å². The first kappa shape index (κ1) is 22.6. The van der Waals surface area contributed by atoms with Crippen molar-refractivity contribution in [3.05, 3.63) is 87.9 Å². The van der Waals surface area contributed by atoms with Crippen molar-refractivity contribution in [3.63, 3.8) is 0 Å². The predicted octanol–water partition coefficient (Wildman–Crippen LogP) is 4.94. The predicted molar refractivity (Wildman–Crippen MR) is 129 cm³/mol. The summed E-state index contributed by atoms with van der Waals surface area (Å²) in [7, 11) is 0.